The van der Waals surface area contributed by atoms with Crippen LogP contribution >= 0.6 is 22.9 Å². The van der Waals surface area contributed by atoms with Crippen LogP contribution in [0.3, 0.4) is 0 Å². The number of rotatable bonds is 7. The quantitative estimate of drug-likeness (QED) is 0.348. The van der Waals surface area contributed by atoms with Crippen LogP contribution < -0.4 is 15.5 Å². The number of benzene rings is 3. The molecule has 1 fully saturated rings. The molecule has 10 heteroatoms. The smallest absolute Gasteiger partial charge is 0.257 e. The predicted molar refractivity (Wildman–Crippen MR) is 144 cm³/mol. The van der Waals surface area contributed by atoms with Crippen molar-refractivity contribution in [1.82, 2.24) is 10.2 Å². The van der Waals surface area contributed by atoms with Gasteiger partial charge in [0.2, 0.25) is 16.9 Å². The van der Waals surface area contributed by atoms with Gasteiger partial charge < -0.3 is 10.2 Å². The molecule has 0 aliphatic carbocycles. The first kappa shape index (κ1) is 24.6. The van der Waals surface area contributed by atoms with Gasteiger partial charge in [0.15, 0.2) is 0 Å². The fraction of sp³-hybridized carbons (Fsp3) is 0.148. The lowest BCUT2D eigenvalue weighted by Crippen LogP contribution is -2.28. The molecular formula is C27H22ClN5O3S. The lowest BCUT2D eigenvalue weighted by atomic mass is 10.1. The van der Waals surface area contributed by atoms with Gasteiger partial charge in [-0.25, -0.2) is 0 Å². The molecule has 2 N–H and O–H groups in total. The molecule has 186 valence electrons. The van der Waals surface area contributed by atoms with E-state index in [1.165, 1.54) is 11.3 Å². The van der Waals surface area contributed by atoms with Gasteiger partial charge >= 0.3 is 0 Å². The van der Waals surface area contributed by atoms with Gasteiger partial charge in [-0.05, 0) is 54.1 Å². The summed E-state index contributed by atoms with van der Waals surface area (Å²) < 4.78 is 0. The van der Waals surface area contributed by atoms with Crippen LogP contribution in [0.5, 0.6) is 0 Å². The Morgan fingerprint density at radius 3 is 2.41 bits per heavy atom. The largest absolute Gasteiger partial charge is 0.326 e. The van der Waals surface area contributed by atoms with Crippen LogP contribution in [0, 0.1) is 5.92 Å². The summed E-state index contributed by atoms with van der Waals surface area (Å²) in [5, 5.41) is 15.6. The van der Waals surface area contributed by atoms with Crippen molar-refractivity contribution in [1.29, 1.82) is 0 Å². The SMILES string of the molecule is O=C(Nc1nnc(Cc2ccc(Cl)cc2)s1)c1ccc(NC(=O)C2CC(=O)N(c3ccccc3)C2)cc1. The topological polar surface area (TPSA) is 104 Å². The second-order valence-corrected chi connectivity index (χ2v) is 10.1. The number of nitrogens with zero attached hydrogens (tertiary/aromatic N) is 3. The fourth-order valence-electron chi connectivity index (χ4n) is 4.01. The first-order valence-electron chi connectivity index (χ1n) is 11.6. The maximum Gasteiger partial charge on any atom is 0.257 e. The summed E-state index contributed by atoms with van der Waals surface area (Å²) in [5.74, 6) is -1.08. The highest BCUT2D eigenvalue weighted by atomic mass is 35.5. The number of amides is 3. The molecular weight excluding hydrogens is 510 g/mol. The van der Waals surface area contributed by atoms with Gasteiger partial charge in [0, 0.05) is 41.3 Å². The summed E-state index contributed by atoms with van der Waals surface area (Å²) in [6.45, 7) is 0.330. The molecule has 5 rings (SSSR count). The summed E-state index contributed by atoms with van der Waals surface area (Å²) in [4.78, 5) is 39.4. The molecule has 3 amide bonds. The molecule has 0 bridgehead atoms. The number of carbonyl (C=O) groups is 3. The average Bonchev–Trinajstić information content (AvgIpc) is 3.52. The predicted octanol–water partition coefficient (Wildman–Crippen LogP) is 5.03. The Kier molecular flexibility index (Phi) is 7.25. The molecule has 1 aliphatic heterocycles. The molecule has 1 saturated heterocycles. The molecule has 1 atom stereocenters. The maximum atomic E-state index is 12.8. The highest BCUT2D eigenvalue weighted by Crippen LogP contribution is 2.26. The van der Waals surface area contributed by atoms with Crippen molar-refractivity contribution in [3.63, 3.8) is 0 Å². The number of aromatic nitrogens is 2. The third-order valence-corrected chi connectivity index (χ3v) is 7.02. The molecule has 4 aromatic rings. The highest BCUT2D eigenvalue weighted by molar-refractivity contribution is 7.15. The van der Waals surface area contributed by atoms with Crippen molar-refractivity contribution in [2.24, 2.45) is 5.92 Å². The number of para-hydroxylation sites is 1. The number of carbonyl (C=O) groups excluding carboxylic acids is 3. The van der Waals surface area contributed by atoms with Gasteiger partial charge in [-0.2, -0.15) is 0 Å². The van der Waals surface area contributed by atoms with Gasteiger partial charge in [-0.1, -0.05) is 53.3 Å². The van der Waals surface area contributed by atoms with E-state index in [9.17, 15) is 14.4 Å². The van der Waals surface area contributed by atoms with Crippen molar-refractivity contribution in [2.45, 2.75) is 12.8 Å². The van der Waals surface area contributed by atoms with Gasteiger partial charge in [-0.15, -0.1) is 10.2 Å². The van der Waals surface area contributed by atoms with Crippen molar-refractivity contribution < 1.29 is 14.4 Å². The van der Waals surface area contributed by atoms with Crippen molar-refractivity contribution in [3.05, 3.63) is 100 Å². The summed E-state index contributed by atoms with van der Waals surface area (Å²) in [7, 11) is 0. The first-order chi connectivity index (χ1) is 17.9. The summed E-state index contributed by atoms with van der Waals surface area (Å²) in [6.07, 6.45) is 0.748. The molecule has 3 aromatic carbocycles. The Hall–Kier alpha value is -4.08. The Bertz CT molecular complexity index is 1420. The van der Waals surface area contributed by atoms with Crippen LogP contribution in [-0.2, 0) is 16.0 Å². The molecule has 1 aromatic heterocycles. The van der Waals surface area contributed by atoms with E-state index in [1.54, 1.807) is 29.2 Å². The van der Waals surface area contributed by atoms with Crippen LogP contribution in [0.15, 0.2) is 78.9 Å². The Morgan fingerprint density at radius 2 is 1.68 bits per heavy atom. The molecule has 0 spiro atoms. The lowest BCUT2D eigenvalue weighted by Gasteiger charge is -2.16. The second kappa shape index (κ2) is 10.9. The van der Waals surface area contributed by atoms with Crippen molar-refractivity contribution in [2.75, 3.05) is 22.1 Å². The van der Waals surface area contributed by atoms with E-state index >= 15 is 0 Å². The van der Waals surface area contributed by atoms with Crippen LogP contribution in [0.4, 0.5) is 16.5 Å². The van der Waals surface area contributed by atoms with Crippen molar-refractivity contribution >= 4 is 57.2 Å². The molecule has 1 aliphatic rings. The third-order valence-electron chi connectivity index (χ3n) is 5.93. The molecule has 0 saturated carbocycles. The lowest BCUT2D eigenvalue weighted by molar-refractivity contribution is -0.122. The van der Waals surface area contributed by atoms with Crippen LogP contribution in [0.1, 0.15) is 27.3 Å². The zero-order chi connectivity index (χ0) is 25.8. The average molecular weight is 532 g/mol. The number of hydrogen-bond donors (Lipinski definition) is 2. The van der Waals surface area contributed by atoms with Gasteiger partial charge in [0.1, 0.15) is 5.01 Å². The molecule has 1 unspecified atom stereocenters. The van der Waals surface area contributed by atoms with E-state index in [-0.39, 0.29) is 24.1 Å². The van der Waals surface area contributed by atoms with Crippen LogP contribution in [0.25, 0.3) is 0 Å². The number of nitrogens with one attached hydrogen (secondary N) is 2. The second-order valence-electron chi connectivity index (χ2n) is 8.57. The van der Waals surface area contributed by atoms with Crippen LogP contribution in [-0.4, -0.2) is 34.5 Å². The standard InChI is InChI=1S/C27H22ClN5O3S/c28-20-10-6-17(7-11-20)14-23-31-32-27(37-23)30-25(35)18-8-12-21(13-9-18)29-26(36)19-15-24(34)33(16-19)22-4-2-1-3-5-22/h1-13,19H,14-16H2,(H,29,36)(H,30,32,35). The minimum absolute atomic E-state index is 0.0774. The van der Waals surface area contributed by atoms with E-state index in [2.05, 4.69) is 20.8 Å². The fourth-order valence-corrected chi connectivity index (χ4v) is 4.91. The molecule has 0 radical (unpaired) electrons. The minimum Gasteiger partial charge on any atom is -0.326 e. The summed E-state index contributed by atoms with van der Waals surface area (Å²) in [6, 6.07) is 23.3. The minimum atomic E-state index is -0.449. The van der Waals surface area contributed by atoms with E-state index in [0.717, 1.165) is 16.3 Å². The summed E-state index contributed by atoms with van der Waals surface area (Å²) in [5.41, 5.74) is 2.79. The first-order valence-corrected chi connectivity index (χ1v) is 12.8. The maximum absolute atomic E-state index is 12.8. The van der Waals surface area contributed by atoms with E-state index in [4.69, 9.17) is 11.6 Å². The number of hydrogen-bond acceptors (Lipinski definition) is 6. The number of anilines is 3. The summed E-state index contributed by atoms with van der Waals surface area (Å²) >= 11 is 7.23. The third kappa shape index (κ3) is 6.02. The van der Waals surface area contributed by atoms with Crippen LogP contribution in [0.2, 0.25) is 5.02 Å². The Balaban J connectivity index is 1.15. The zero-order valence-corrected chi connectivity index (χ0v) is 21.1. The van der Waals surface area contributed by atoms with Gasteiger partial charge in [0.25, 0.3) is 5.91 Å². The Labute approximate surface area is 222 Å². The van der Waals surface area contributed by atoms with Crippen molar-refractivity contribution in [3.8, 4) is 0 Å². The Morgan fingerprint density at radius 1 is 0.946 bits per heavy atom. The zero-order valence-electron chi connectivity index (χ0n) is 19.6. The van der Waals surface area contributed by atoms with E-state index in [1.807, 2.05) is 54.6 Å². The monoisotopic (exact) mass is 531 g/mol. The number of halogens is 1. The van der Waals surface area contributed by atoms with E-state index < -0.39 is 5.92 Å². The molecule has 8 nitrogen and oxygen atoms in total. The van der Waals surface area contributed by atoms with Gasteiger partial charge in [0.05, 0.1) is 5.92 Å². The van der Waals surface area contributed by atoms with E-state index in [0.29, 0.717) is 34.4 Å². The van der Waals surface area contributed by atoms with Gasteiger partial charge in [-0.3, -0.25) is 19.7 Å². The molecule has 2 heterocycles. The molecule has 37 heavy (non-hydrogen) atoms. The highest BCUT2D eigenvalue weighted by Gasteiger charge is 2.35. The normalized spacial score (nSPS) is 15.0.